The van der Waals surface area contributed by atoms with E-state index in [1.54, 1.807) is 4.90 Å². The van der Waals surface area contributed by atoms with E-state index in [0.717, 1.165) is 29.5 Å². The molecule has 1 fully saturated rings. The maximum absolute atomic E-state index is 12.3. The van der Waals surface area contributed by atoms with Crippen LogP contribution in [0.4, 0.5) is 0 Å². The lowest BCUT2D eigenvalue weighted by Gasteiger charge is -2.55. The summed E-state index contributed by atoms with van der Waals surface area (Å²) in [5.41, 5.74) is 2.25. The monoisotopic (exact) mass is 313 g/mol. The number of fused-ring (bicyclic) bond motifs is 3. The van der Waals surface area contributed by atoms with Crippen LogP contribution >= 0.6 is 11.6 Å². The second kappa shape index (κ2) is 4.83. The van der Waals surface area contributed by atoms with Gasteiger partial charge in [-0.15, -0.1) is 0 Å². The van der Waals surface area contributed by atoms with Crippen LogP contribution in [0.2, 0.25) is 5.02 Å². The number of halogens is 1. The maximum atomic E-state index is 12.3. The second-order valence-electron chi connectivity index (χ2n) is 5.93. The zero-order valence-corrected chi connectivity index (χ0v) is 12.8. The Morgan fingerprint density at radius 3 is 2.73 bits per heavy atom. The van der Waals surface area contributed by atoms with Crippen LogP contribution in [0.15, 0.2) is 48.5 Å². The van der Waals surface area contributed by atoms with Crippen molar-refractivity contribution in [2.24, 2.45) is 0 Å². The number of carbonyl (C=O) groups excluding carboxylic acids is 1. The summed E-state index contributed by atoms with van der Waals surface area (Å²) in [5.74, 6) is -0.198. The first kappa shape index (κ1) is 13.8. The Labute approximate surface area is 134 Å². The molecule has 2 aromatic rings. The minimum absolute atomic E-state index is 0.198. The van der Waals surface area contributed by atoms with E-state index in [1.165, 1.54) is 0 Å². The number of aryl methyl sites for hydroxylation is 1. The number of hydrogen-bond acceptors (Lipinski definition) is 2. The minimum Gasteiger partial charge on any atom is -0.380 e. The number of β-lactam (4-membered cyclic amide) rings is 1. The Balaban J connectivity index is 2.02. The highest BCUT2D eigenvalue weighted by Gasteiger charge is 2.62. The van der Waals surface area contributed by atoms with Gasteiger partial charge in [0.25, 0.3) is 5.91 Å². The zero-order valence-electron chi connectivity index (χ0n) is 12.0. The molecule has 3 nitrogen and oxygen atoms in total. The molecule has 2 aliphatic heterocycles. The van der Waals surface area contributed by atoms with Crippen molar-refractivity contribution in [2.45, 2.75) is 24.5 Å². The van der Waals surface area contributed by atoms with Gasteiger partial charge in [-0.3, -0.25) is 4.79 Å². The fourth-order valence-electron chi connectivity index (χ4n) is 3.87. The lowest BCUT2D eigenvalue weighted by molar-refractivity contribution is -0.180. The van der Waals surface area contributed by atoms with Crippen molar-refractivity contribution < 1.29 is 9.90 Å². The molecule has 0 aliphatic carbocycles. The van der Waals surface area contributed by atoms with Crippen LogP contribution < -0.4 is 0 Å². The molecule has 0 unspecified atom stereocenters. The highest BCUT2D eigenvalue weighted by atomic mass is 35.5. The average Bonchev–Trinajstić information content (AvgIpc) is 2.70. The van der Waals surface area contributed by atoms with Gasteiger partial charge in [-0.25, -0.2) is 0 Å². The molecule has 1 amide bonds. The van der Waals surface area contributed by atoms with Crippen LogP contribution in [-0.2, 0) is 16.8 Å². The summed E-state index contributed by atoms with van der Waals surface area (Å²) >= 11 is 6.22. The van der Waals surface area contributed by atoms with E-state index in [1.807, 2.05) is 48.5 Å². The van der Waals surface area contributed by atoms with Gasteiger partial charge in [0.05, 0.1) is 0 Å². The zero-order chi connectivity index (χ0) is 15.3. The van der Waals surface area contributed by atoms with E-state index in [0.29, 0.717) is 11.6 Å². The van der Waals surface area contributed by atoms with E-state index in [2.05, 4.69) is 0 Å². The number of aliphatic hydroxyl groups excluding tert-OH is 1. The van der Waals surface area contributed by atoms with Crippen molar-refractivity contribution in [1.29, 1.82) is 0 Å². The molecule has 2 heterocycles. The van der Waals surface area contributed by atoms with Crippen LogP contribution in [-0.4, -0.2) is 28.6 Å². The van der Waals surface area contributed by atoms with Crippen LogP contribution in [0, 0.1) is 0 Å². The van der Waals surface area contributed by atoms with Gasteiger partial charge in [0.2, 0.25) is 0 Å². The highest BCUT2D eigenvalue weighted by Crippen LogP contribution is 2.50. The number of amides is 1. The summed E-state index contributed by atoms with van der Waals surface area (Å²) in [5, 5.41) is 11.3. The number of aliphatic hydroxyl groups is 1. The number of rotatable bonds is 1. The Hall–Kier alpha value is -1.84. The number of carbonyl (C=O) groups is 1. The Morgan fingerprint density at radius 2 is 1.95 bits per heavy atom. The SMILES string of the molecule is O=C1[C@@H](O)[C@@]2(c3ccccc3)c3cc(Cl)ccc3CCCN12. The molecule has 4 heteroatoms. The molecule has 0 aromatic heterocycles. The maximum Gasteiger partial charge on any atom is 0.255 e. The van der Waals surface area contributed by atoms with Gasteiger partial charge in [-0.2, -0.15) is 0 Å². The molecule has 2 atom stereocenters. The molecule has 0 bridgehead atoms. The molecular weight excluding hydrogens is 298 g/mol. The lowest BCUT2D eigenvalue weighted by atomic mass is 9.69. The first-order valence-electron chi connectivity index (χ1n) is 7.49. The van der Waals surface area contributed by atoms with Crippen molar-refractivity contribution in [1.82, 2.24) is 4.90 Å². The smallest absolute Gasteiger partial charge is 0.255 e. The second-order valence-corrected chi connectivity index (χ2v) is 6.37. The molecule has 22 heavy (non-hydrogen) atoms. The predicted octanol–water partition coefficient (Wildman–Crippen LogP) is 2.73. The van der Waals surface area contributed by atoms with Gasteiger partial charge in [-0.05, 0) is 41.7 Å². The van der Waals surface area contributed by atoms with Crippen molar-refractivity contribution in [2.75, 3.05) is 6.54 Å². The largest absolute Gasteiger partial charge is 0.380 e. The van der Waals surface area contributed by atoms with E-state index < -0.39 is 11.6 Å². The Bertz CT molecular complexity index is 746. The predicted molar refractivity (Wildman–Crippen MR) is 84.7 cm³/mol. The van der Waals surface area contributed by atoms with Crippen molar-refractivity contribution >= 4 is 17.5 Å². The van der Waals surface area contributed by atoms with Crippen LogP contribution in [0.25, 0.3) is 0 Å². The average molecular weight is 314 g/mol. The third-order valence-electron chi connectivity index (χ3n) is 4.85. The van der Waals surface area contributed by atoms with E-state index >= 15 is 0 Å². The van der Waals surface area contributed by atoms with Gasteiger partial charge in [-0.1, -0.05) is 48.0 Å². The van der Waals surface area contributed by atoms with Crippen LogP contribution in [0.5, 0.6) is 0 Å². The lowest BCUT2D eigenvalue weighted by Crippen LogP contribution is -2.72. The fraction of sp³-hybridized carbons (Fsp3) is 0.278. The van der Waals surface area contributed by atoms with Crippen molar-refractivity contribution in [3.8, 4) is 0 Å². The van der Waals surface area contributed by atoms with Gasteiger partial charge >= 0.3 is 0 Å². The first-order chi connectivity index (χ1) is 10.7. The fourth-order valence-corrected chi connectivity index (χ4v) is 4.04. The molecule has 2 aromatic carbocycles. The normalized spacial score (nSPS) is 26.7. The summed E-state index contributed by atoms with van der Waals surface area (Å²) in [6.45, 7) is 0.650. The topological polar surface area (TPSA) is 40.5 Å². The summed E-state index contributed by atoms with van der Waals surface area (Å²) in [6, 6.07) is 15.5. The van der Waals surface area contributed by atoms with Crippen molar-refractivity contribution in [3.05, 3.63) is 70.2 Å². The summed E-state index contributed by atoms with van der Waals surface area (Å²) in [4.78, 5) is 14.1. The molecule has 2 aliphatic rings. The first-order valence-corrected chi connectivity index (χ1v) is 7.87. The molecule has 1 N–H and O–H groups in total. The van der Waals surface area contributed by atoms with Crippen LogP contribution in [0.3, 0.4) is 0 Å². The molecule has 0 saturated carbocycles. The summed E-state index contributed by atoms with van der Waals surface area (Å²) in [7, 11) is 0. The molecule has 1 saturated heterocycles. The van der Waals surface area contributed by atoms with Crippen LogP contribution in [0.1, 0.15) is 23.1 Å². The van der Waals surface area contributed by atoms with Gasteiger partial charge in [0, 0.05) is 11.6 Å². The van der Waals surface area contributed by atoms with E-state index in [9.17, 15) is 9.90 Å². The molecule has 0 radical (unpaired) electrons. The van der Waals surface area contributed by atoms with Crippen molar-refractivity contribution in [3.63, 3.8) is 0 Å². The van der Waals surface area contributed by atoms with Gasteiger partial charge in [0.15, 0.2) is 6.10 Å². The van der Waals surface area contributed by atoms with Gasteiger partial charge in [0.1, 0.15) is 5.54 Å². The number of benzene rings is 2. The third kappa shape index (κ3) is 1.64. The Kier molecular flexibility index (Phi) is 3.03. The standard InChI is InChI=1S/C18H16ClNO2/c19-14-9-8-12-5-4-10-20-17(22)16(21)18(20,15(12)11-14)13-6-2-1-3-7-13/h1-3,6-9,11,16,21H,4-5,10H2/t16-,18-/m1/s1. The quantitative estimate of drug-likeness (QED) is 0.822. The molecule has 4 rings (SSSR count). The Morgan fingerprint density at radius 1 is 1.18 bits per heavy atom. The summed E-state index contributed by atoms with van der Waals surface area (Å²) in [6.07, 6.45) is 0.726. The van der Waals surface area contributed by atoms with E-state index in [-0.39, 0.29) is 5.91 Å². The molecule has 0 spiro atoms. The highest BCUT2D eigenvalue weighted by molar-refractivity contribution is 6.30. The third-order valence-corrected chi connectivity index (χ3v) is 5.08. The number of hydrogen-bond donors (Lipinski definition) is 1. The van der Waals surface area contributed by atoms with E-state index in [4.69, 9.17) is 11.6 Å². The molecular formula is C18H16ClNO2. The summed E-state index contributed by atoms with van der Waals surface area (Å²) < 4.78 is 0. The molecule has 112 valence electrons. The minimum atomic E-state index is -1.05. The number of nitrogens with zero attached hydrogens (tertiary/aromatic N) is 1. The van der Waals surface area contributed by atoms with Gasteiger partial charge < -0.3 is 10.0 Å².